The van der Waals surface area contributed by atoms with E-state index >= 15 is 0 Å². The van der Waals surface area contributed by atoms with Crippen molar-refractivity contribution in [1.82, 2.24) is 4.98 Å². The van der Waals surface area contributed by atoms with Crippen molar-refractivity contribution in [3.63, 3.8) is 0 Å². The molecule has 13 heteroatoms. The molecule has 206 valence electrons. The third-order valence-corrected chi connectivity index (χ3v) is 5.69. The fourth-order valence-corrected chi connectivity index (χ4v) is 3.78. The molecule has 0 spiro atoms. The molecule has 0 unspecified atom stereocenters. The van der Waals surface area contributed by atoms with Gasteiger partial charge in [-0.25, -0.2) is 0 Å². The Morgan fingerprint density at radius 1 is 0.949 bits per heavy atom. The number of ether oxygens (including phenoxy) is 3. The monoisotopic (exact) mass is 554 g/mol. The average molecular weight is 554 g/mol. The van der Waals surface area contributed by atoms with Crippen molar-refractivity contribution in [3.05, 3.63) is 71.0 Å². The van der Waals surface area contributed by atoms with Crippen molar-refractivity contribution >= 4 is 17.4 Å². The first-order valence-corrected chi connectivity index (χ1v) is 11.4. The van der Waals surface area contributed by atoms with Gasteiger partial charge in [0, 0.05) is 24.9 Å². The maximum Gasteiger partial charge on any atom is 0.573 e. The van der Waals surface area contributed by atoms with Crippen LogP contribution in [0, 0.1) is 0 Å². The number of anilines is 1. The van der Waals surface area contributed by atoms with E-state index in [0.29, 0.717) is 18.9 Å². The fraction of sp³-hybridized carbons (Fsp3) is 0.269. The van der Waals surface area contributed by atoms with Crippen molar-refractivity contribution in [2.75, 3.05) is 12.4 Å². The molecule has 0 saturated heterocycles. The zero-order valence-electron chi connectivity index (χ0n) is 20.4. The molecule has 4 rings (SSSR count). The number of aromatic nitrogens is 1. The number of carbonyl (C=O) groups excluding carboxylic acids is 2. The number of hydrogen-bond acceptors (Lipinski definition) is 6. The SMILES string of the molecule is COc1cc(OC(F)(F)F)ccc1Oc1cc(C2CC2)c(C(F)(F)F)cc1C(=O)Nc1ccnc(C(C)=O)c1. The van der Waals surface area contributed by atoms with Gasteiger partial charge in [-0.2, -0.15) is 13.2 Å². The number of hydrogen-bond donors (Lipinski definition) is 1. The Bertz CT molecular complexity index is 1420. The molecule has 0 bridgehead atoms. The summed E-state index contributed by atoms with van der Waals surface area (Å²) in [5, 5.41) is 2.43. The van der Waals surface area contributed by atoms with Crippen molar-refractivity contribution in [1.29, 1.82) is 0 Å². The maximum absolute atomic E-state index is 14.0. The van der Waals surface area contributed by atoms with Gasteiger partial charge in [0.05, 0.1) is 18.2 Å². The third-order valence-electron chi connectivity index (χ3n) is 5.69. The summed E-state index contributed by atoms with van der Waals surface area (Å²) >= 11 is 0. The van der Waals surface area contributed by atoms with Gasteiger partial charge in [0.25, 0.3) is 5.91 Å². The van der Waals surface area contributed by atoms with Crippen LogP contribution in [0.2, 0.25) is 0 Å². The van der Waals surface area contributed by atoms with Crippen molar-refractivity contribution in [2.45, 2.75) is 38.2 Å². The molecule has 1 saturated carbocycles. The molecule has 39 heavy (non-hydrogen) atoms. The van der Waals surface area contributed by atoms with Crippen molar-refractivity contribution in [2.24, 2.45) is 0 Å². The van der Waals surface area contributed by atoms with E-state index in [1.807, 2.05) is 0 Å². The van der Waals surface area contributed by atoms with Crippen LogP contribution in [-0.4, -0.2) is 30.1 Å². The summed E-state index contributed by atoms with van der Waals surface area (Å²) in [5.74, 6) is -3.09. The van der Waals surface area contributed by atoms with Crippen LogP contribution in [0.4, 0.5) is 32.0 Å². The van der Waals surface area contributed by atoms with Gasteiger partial charge >= 0.3 is 12.5 Å². The summed E-state index contributed by atoms with van der Waals surface area (Å²) in [6.45, 7) is 1.25. The summed E-state index contributed by atoms with van der Waals surface area (Å²) in [7, 11) is 1.14. The Morgan fingerprint density at radius 3 is 2.26 bits per heavy atom. The quantitative estimate of drug-likeness (QED) is 0.236. The summed E-state index contributed by atoms with van der Waals surface area (Å²) < 4.78 is 94.5. The van der Waals surface area contributed by atoms with E-state index < -0.39 is 47.0 Å². The number of benzene rings is 2. The number of alkyl halides is 6. The smallest absolute Gasteiger partial charge is 0.493 e. The highest BCUT2D eigenvalue weighted by atomic mass is 19.4. The molecule has 0 radical (unpaired) electrons. The number of carbonyl (C=O) groups is 2. The summed E-state index contributed by atoms with van der Waals surface area (Å²) in [5.41, 5.74) is -1.48. The van der Waals surface area contributed by atoms with E-state index in [-0.39, 0.29) is 34.2 Å². The largest absolute Gasteiger partial charge is 0.573 e. The topological polar surface area (TPSA) is 86.8 Å². The number of nitrogens with zero attached hydrogens (tertiary/aromatic N) is 1. The van der Waals surface area contributed by atoms with Crippen LogP contribution >= 0.6 is 0 Å². The molecule has 1 N–H and O–H groups in total. The Hall–Kier alpha value is -4.29. The Labute approximate surface area is 217 Å². The Balaban J connectivity index is 1.77. The molecule has 0 aliphatic heterocycles. The number of nitrogens with one attached hydrogen (secondary N) is 1. The molecular weight excluding hydrogens is 534 g/mol. The van der Waals surface area contributed by atoms with Crippen molar-refractivity contribution in [3.8, 4) is 23.0 Å². The first-order chi connectivity index (χ1) is 18.2. The van der Waals surface area contributed by atoms with E-state index in [1.165, 1.54) is 25.3 Å². The molecule has 1 aliphatic rings. The number of pyridine rings is 1. The van der Waals surface area contributed by atoms with E-state index in [2.05, 4.69) is 15.0 Å². The van der Waals surface area contributed by atoms with Gasteiger partial charge in [-0.3, -0.25) is 14.6 Å². The number of methoxy groups -OCH3 is 1. The van der Waals surface area contributed by atoms with Gasteiger partial charge in [-0.1, -0.05) is 0 Å². The lowest BCUT2D eigenvalue weighted by Crippen LogP contribution is -2.17. The molecule has 1 fully saturated rings. The standard InChI is InChI=1S/C26H20F6N2O5/c1-13(35)20-9-15(7-8-33-20)34-24(36)18-11-19(25(27,28)29)17(14-3-4-14)12-22(18)38-21-6-5-16(10-23(21)37-2)39-26(30,31)32/h5-12,14H,3-4H2,1-2H3,(H,33,34,36). The van der Waals surface area contributed by atoms with E-state index in [1.54, 1.807) is 0 Å². The lowest BCUT2D eigenvalue weighted by atomic mass is 9.98. The van der Waals surface area contributed by atoms with Crippen LogP contribution in [0.1, 0.15) is 57.7 Å². The highest BCUT2D eigenvalue weighted by Crippen LogP contribution is 2.49. The summed E-state index contributed by atoms with van der Waals surface area (Å²) in [6, 6.07) is 7.24. The first kappa shape index (κ1) is 27.7. The minimum Gasteiger partial charge on any atom is -0.493 e. The highest BCUT2D eigenvalue weighted by Gasteiger charge is 2.40. The average Bonchev–Trinajstić information content (AvgIpc) is 3.68. The number of amides is 1. The van der Waals surface area contributed by atoms with Gasteiger partial charge in [-0.15, -0.1) is 13.2 Å². The second-order valence-electron chi connectivity index (χ2n) is 8.61. The molecule has 7 nitrogen and oxygen atoms in total. The lowest BCUT2D eigenvalue weighted by molar-refractivity contribution is -0.274. The lowest BCUT2D eigenvalue weighted by Gasteiger charge is -2.19. The fourth-order valence-electron chi connectivity index (χ4n) is 3.78. The molecule has 0 atom stereocenters. The van der Waals surface area contributed by atoms with Crippen LogP contribution in [0.3, 0.4) is 0 Å². The third kappa shape index (κ3) is 6.78. The van der Waals surface area contributed by atoms with Gasteiger partial charge in [0.15, 0.2) is 17.3 Å². The minimum absolute atomic E-state index is 0.0234. The van der Waals surface area contributed by atoms with Crippen LogP contribution < -0.4 is 19.5 Å². The van der Waals surface area contributed by atoms with Crippen LogP contribution in [-0.2, 0) is 6.18 Å². The van der Waals surface area contributed by atoms with Crippen LogP contribution in [0.25, 0.3) is 0 Å². The van der Waals surface area contributed by atoms with E-state index in [4.69, 9.17) is 9.47 Å². The number of halogens is 6. The van der Waals surface area contributed by atoms with Crippen molar-refractivity contribution < 1.29 is 50.1 Å². The zero-order chi connectivity index (χ0) is 28.5. The van der Waals surface area contributed by atoms with Gasteiger partial charge in [0.2, 0.25) is 0 Å². The zero-order valence-corrected chi connectivity index (χ0v) is 20.4. The predicted octanol–water partition coefficient (Wildman–Crippen LogP) is 7.13. The molecule has 1 amide bonds. The van der Waals surface area contributed by atoms with E-state index in [0.717, 1.165) is 31.4 Å². The van der Waals surface area contributed by atoms with Crippen LogP contribution in [0.15, 0.2) is 48.7 Å². The molecular formula is C26H20F6N2O5. The second kappa shape index (κ2) is 10.5. The molecule has 1 heterocycles. The molecule has 1 aliphatic carbocycles. The Morgan fingerprint density at radius 2 is 1.67 bits per heavy atom. The normalized spacial score (nSPS) is 13.5. The number of ketones is 1. The molecule has 3 aromatic rings. The summed E-state index contributed by atoms with van der Waals surface area (Å²) in [6.07, 6.45) is -7.49. The molecule has 1 aromatic heterocycles. The van der Waals surface area contributed by atoms with Gasteiger partial charge < -0.3 is 19.5 Å². The number of rotatable bonds is 8. The van der Waals surface area contributed by atoms with Crippen LogP contribution in [0.5, 0.6) is 23.0 Å². The van der Waals surface area contributed by atoms with Gasteiger partial charge in [0.1, 0.15) is 17.2 Å². The first-order valence-electron chi connectivity index (χ1n) is 11.4. The molecule has 2 aromatic carbocycles. The minimum atomic E-state index is -4.97. The maximum atomic E-state index is 14.0. The second-order valence-corrected chi connectivity index (χ2v) is 8.61. The predicted molar refractivity (Wildman–Crippen MR) is 125 cm³/mol. The van der Waals surface area contributed by atoms with E-state index in [9.17, 15) is 35.9 Å². The number of Topliss-reactive ketones (excluding diaryl/α,β-unsaturated/α-hetero) is 1. The van der Waals surface area contributed by atoms with Gasteiger partial charge in [-0.05, 0) is 60.7 Å². The summed E-state index contributed by atoms with van der Waals surface area (Å²) in [4.78, 5) is 28.7. The highest BCUT2D eigenvalue weighted by molar-refractivity contribution is 6.07. The Kier molecular flexibility index (Phi) is 7.44.